The Bertz CT molecular complexity index is 1340. The van der Waals surface area contributed by atoms with Gasteiger partial charge in [-0.1, -0.05) is 30.3 Å². The Labute approximate surface area is 264 Å². The molecule has 12 heteroatoms. The van der Waals surface area contributed by atoms with Crippen molar-refractivity contribution in [1.82, 2.24) is 25.1 Å². The predicted octanol–water partition coefficient (Wildman–Crippen LogP) is 4.37. The van der Waals surface area contributed by atoms with E-state index in [2.05, 4.69) is 15.3 Å². The first kappa shape index (κ1) is 33.7. The molecule has 2 atom stereocenters. The van der Waals surface area contributed by atoms with Gasteiger partial charge in [-0.25, -0.2) is 9.78 Å². The zero-order chi connectivity index (χ0) is 32.6. The Morgan fingerprint density at radius 2 is 1.76 bits per heavy atom. The monoisotopic (exact) mass is 623 g/mol. The molecule has 2 heterocycles. The molecule has 244 valence electrons. The molecular formula is C33H45N5O7. The Hall–Kier alpha value is -4.22. The standard InChI is InChI=1S/C33H45N5O7/c1-6-43-32(42)37-18-19-38(22(2)21-37)31(41)25(16-17-28(39)45-33(3,4)5)35-30(40)26-20-27(44-24-14-10-11-15-24)36-29(34-26)23-12-8-7-9-13-23/h7-9,12-13,20,22,24-25H,6,10-11,14-19,21H2,1-5H3,(H,35,40)/t22?,25-/m0/s1. The van der Waals surface area contributed by atoms with Crippen LogP contribution in [0.4, 0.5) is 4.79 Å². The molecule has 1 N–H and O–H groups in total. The molecule has 1 aliphatic heterocycles. The Morgan fingerprint density at radius 3 is 2.40 bits per heavy atom. The molecule has 0 radical (unpaired) electrons. The van der Waals surface area contributed by atoms with E-state index in [4.69, 9.17) is 14.2 Å². The molecule has 2 aliphatic rings. The quantitative estimate of drug-likeness (QED) is 0.382. The highest BCUT2D eigenvalue weighted by atomic mass is 16.6. The SMILES string of the molecule is CCOC(=O)N1CCN(C(=O)[C@H](CCC(=O)OC(C)(C)C)NC(=O)c2cc(OC3CCCC3)nc(-c3ccccc3)n2)C(C)C1. The minimum atomic E-state index is -1.05. The highest BCUT2D eigenvalue weighted by Gasteiger charge is 2.35. The molecule has 1 saturated carbocycles. The lowest BCUT2D eigenvalue weighted by atomic mass is 10.1. The van der Waals surface area contributed by atoms with Gasteiger partial charge in [-0.05, 0) is 66.7 Å². The molecule has 0 bridgehead atoms. The van der Waals surface area contributed by atoms with Crippen LogP contribution in [0, 0.1) is 0 Å². The van der Waals surface area contributed by atoms with E-state index in [-0.39, 0.29) is 62.8 Å². The zero-order valence-corrected chi connectivity index (χ0v) is 26.9. The van der Waals surface area contributed by atoms with Crippen LogP contribution >= 0.6 is 0 Å². The molecule has 4 rings (SSSR count). The third kappa shape index (κ3) is 9.63. The van der Waals surface area contributed by atoms with Crippen LogP contribution in [0.1, 0.15) is 83.6 Å². The van der Waals surface area contributed by atoms with Crippen molar-refractivity contribution in [2.75, 3.05) is 26.2 Å². The van der Waals surface area contributed by atoms with Crippen LogP contribution in [0.25, 0.3) is 11.4 Å². The second kappa shape index (κ2) is 15.2. The molecule has 1 aliphatic carbocycles. The Kier molecular flexibility index (Phi) is 11.4. The maximum absolute atomic E-state index is 13.9. The van der Waals surface area contributed by atoms with Gasteiger partial charge in [-0.2, -0.15) is 4.98 Å². The molecule has 1 aromatic heterocycles. The van der Waals surface area contributed by atoms with Crippen molar-refractivity contribution in [3.05, 3.63) is 42.1 Å². The van der Waals surface area contributed by atoms with Crippen molar-refractivity contribution in [1.29, 1.82) is 0 Å². The highest BCUT2D eigenvalue weighted by molar-refractivity contribution is 5.97. The zero-order valence-electron chi connectivity index (χ0n) is 26.9. The van der Waals surface area contributed by atoms with E-state index in [1.807, 2.05) is 37.3 Å². The van der Waals surface area contributed by atoms with Gasteiger partial charge in [0.25, 0.3) is 5.91 Å². The van der Waals surface area contributed by atoms with E-state index in [1.54, 1.807) is 37.5 Å². The average Bonchev–Trinajstić information content (AvgIpc) is 3.51. The number of amides is 3. The van der Waals surface area contributed by atoms with Crippen molar-refractivity contribution in [3.8, 4) is 17.3 Å². The van der Waals surface area contributed by atoms with Gasteiger partial charge in [0.1, 0.15) is 23.4 Å². The number of nitrogens with one attached hydrogen (secondary N) is 1. The van der Waals surface area contributed by atoms with Crippen molar-refractivity contribution in [2.24, 2.45) is 0 Å². The van der Waals surface area contributed by atoms with Crippen molar-refractivity contribution >= 4 is 23.9 Å². The second-order valence-corrected chi connectivity index (χ2v) is 12.5. The van der Waals surface area contributed by atoms with Crippen LogP contribution in [0.15, 0.2) is 36.4 Å². The summed E-state index contributed by atoms with van der Waals surface area (Å²) < 4.78 is 16.7. The number of benzene rings is 1. The van der Waals surface area contributed by atoms with Crippen LogP contribution < -0.4 is 10.1 Å². The fraction of sp³-hybridized carbons (Fsp3) is 0.576. The van der Waals surface area contributed by atoms with Crippen LogP contribution in [0.5, 0.6) is 5.88 Å². The summed E-state index contributed by atoms with van der Waals surface area (Å²) in [6.07, 6.45) is 3.49. The third-order valence-corrected chi connectivity index (χ3v) is 7.65. The molecule has 2 fully saturated rings. The number of hydrogen-bond donors (Lipinski definition) is 1. The predicted molar refractivity (Wildman–Crippen MR) is 166 cm³/mol. The summed E-state index contributed by atoms with van der Waals surface area (Å²) in [7, 11) is 0. The highest BCUT2D eigenvalue weighted by Crippen LogP contribution is 2.26. The number of aromatic nitrogens is 2. The number of nitrogens with zero attached hydrogens (tertiary/aromatic N) is 4. The molecule has 2 aromatic rings. The minimum Gasteiger partial charge on any atom is -0.474 e. The molecule has 45 heavy (non-hydrogen) atoms. The number of hydrogen-bond acceptors (Lipinski definition) is 9. The Morgan fingerprint density at radius 1 is 1.04 bits per heavy atom. The van der Waals surface area contributed by atoms with E-state index >= 15 is 0 Å². The lowest BCUT2D eigenvalue weighted by Crippen LogP contribution is -2.59. The third-order valence-electron chi connectivity index (χ3n) is 7.65. The van der Waals surface area contributed by atoms with Gasteiger partial charge in [-0.15, -0.1) is 0 Å². The minimum absolute atomic E-state index is 0.0114. The molecule has 0 spiro atoms. The average molecular weight is 624 g/mol. The van der Waals surface area contributed by atoms with Gasteiger partial charge in [-0.3, -0.25) is 14.4 Å². The van der Waals surface area contributed by atoms with Crippen LogP contribution in [0.2, 0.25) is 0 Å². The van der Waals surface area contributed by atoms with Gasteiger partial charge in [0.2, 0.25) is 11.8 Å². The van der Waals surface area contributed by atoms with Gasteiger partial charge in [0.15, 0.2) is 5.82 Å². The first-order valence-electron chi connectivity index (χ1n) is 15.8. The lowest BCUT2D eigenvalue weighted by Gasteiger charge is -2.40. The van der Waals surface area contributed by atoms with E-state index in [1.165, 1.54) is 6.07 Å². The van der Waals surface area contributed by atoms with Crippen molar-refractivity contribution in [2.45, 2.75) is 96.9 Å². The summed E-state index contributed by atoms with van der Waals surface area (Å²) in [5.74, 6) is -0.804. The van der Waals surface area contributed by atoms with Crippen molar-refractivity contribution in [3.63, 3.8) is 0 Å². The largest absolute Gasteiger partial charge is 0.474 e. The van der Waals surface area contributed by atoms with Gasteiger partial charge >= 0.3 is 12.1 Å². The van der Waals surface area contributed by atoms with E-state index < -0.39 is 29.6 Å². The normalized spacial score (nSPS) is 17.8. The summed E-state index contributed by atoms with van der Waals surface area (Å²) in [6.45, 7) is 9.96. The topological polar surface area (TPSA) is 140 Å². The van der Waals surface area contributed by atoms with Crippen LogP contribution in [-0.4, -0.2) is 93.7 Å². The summed E-state index contributed by atoms with van der Waals surface area (Å²) in [5.41, 5.74) is 0.0730. The number of ether oxygens (including phenoxy) is 3. The van der Waals surface area contributed by atoms with E-state index in [0.717, 1.165) is 25.7 Å². The number of piperazine rings is 1. The first-order chi connectivity index (χ1) is 21.4. The van der Waals surface area contributed by atoms with Crippen molar-refractivity contribution < 1.29 is 33.4 Å². The molecule has 12 nitrogen and oxygen atoms in total. The second-order valence-electron chi connectivity index (χ2n) is 12.5. The number of esters is 1. The number of rotatable bonds is 10. The first-order valence-corrected chi connectivity index (χ1v) is 15.8. The molecular weight excluding hydrogens is 578 g/mol. The van der Waals surface area contributed by atoms with E-state index in [0.29, 0.717) is 17.3 Å². The van der Waals surface area contributed by atoms with Gasteiger partial charge in [0.05, 0.1) is 6.61 Å². The van der Waals surface area contributed by atoms with Gasteiger partial charge in [0, 0.05) is 43.7 Å². The summed E-state index contributed by atoms with van der Waals surface area (Å²) in [5, 5.41) is 2.83. The molecule has 1 aromatic carbocycles. The van der Waals surface area contributed by atoms with Crippen LogP contribution in [-0.2, 0) is 19.1 Å². The fourth-order valence-electron chi connectivity index (χ4n) is 5.51. The summed E-state index contributed by atoms with van der Waals surface area (Å²) in [6, 6.07) is 9.40. The van der Waals surface area contributed by atoms with Crippen LogP contribution in [0.3, 0.4) is 0 Å². The smallest absolute Gasteiger partial charge is 0.409 e. The molecule has 1 unspecified atom stereocenters. The Balaban J connectivity index is 1.57. The van der Waals surface area contributed by atoms with E-state index in [9.17, 15) is 19.2 Å². The fourth-order valence-corrected chi connectivity index (χ4v) is 5.51. The summed E-state index contributed by atoms with van der Waals surface area (Å²) in [4.78, 5) is 64.9. The molecule has 3 amide bonds. The van der Waals surface area contributed by atoms with Gasteiger partial charge < -0.3 is 29.3 Å². The number of carbonyl (C=O) groups is 4. The maximum Gasteiger partial charge on any atom is 0.409 e. The number of carbonyl (C=O) groups excluding carboxylic acids is 4. The molecule has 1 saturated heterocycles. The lowest BCUT2D eigenvalue weighted by molar-refractivity contribution is -0.155. The maximum atomic E-state index is 13.9. The summed E-state index contributed by atoms with van der Waals surface area (Å²) >= 11 is 0.